The van der Waals surface area contributed by atoms with Crippen LogP contribution >= 0.6 is 0 Å². The first-order valence-corrected chi connectivity index (χ1v) is 16.7. The topological polar surface area (TPSA) is 41.5 Å². The first kappa shape index (κ1) is 31.0. The largest absolute Gasteiger partial charge is 2.00 e. The second kappa shape index (κ2) is 12.7. The summed E-state index contributed by atoms with van der Waals surface area (Å²) < 4.78 is 6.32. The van der Waals surface area contributed by atoms with Crippen molar-refractivity contribution in [3.8, 4) is 22.9 Å². The van der Waals surface area contributed by atoms with Gasteiger partial charge in [-0.3, -0.25) is 0 Å². The first-order valence-electron chi connectivity index (χ1n) is 16.7. The summed E-state index contributed by atoms with van der Waals surface area (Å²) >= 11 is 0. The Kier molecular flexibility index (Phi) is 7.75. The van der Waals surface area contributed by atoms with Gasteiger partial charge in [0, 0.05) is 47.0 Å². The Bertz CT molecular complexity index is 2530. The van der Waals surface area contributed by atoms with Crippen LogP contribution in [0.4, 0.5) is 34.1 Å². The molecule has 0 radical (unpaired) electrons. The van der Waals surface area contributed by atoms with Crippen molar-refractivity contribution in [3.63, 3.8) is 0 Å². The predicted molar refractivity (Wildman–Crippen MR) is 203 cm³/mol. The van der Waals surface area contributed by atoms with Gasteiger partial charge < -0.3 is 19.5 Å². The molecule has 0 atom stereocenters. The van der Waals surface area contributed by atoms with Gasteiger partial charge in [0.2, 0.25) is 12.6 Å². The number of hydrogen-bond acceptors (Lipinski definition) is 5. The zero-order valence-electron chi connectivity index (χ0n) is 27.2. The van der Waals surface area contributed by atoms with E-state index in [0.717, 1.165) is 67.1 Å². The van der Waals surface area contributed by atoms with Crippen molar-refractivity contribution in [2.75, 3.05) is 9.80 Å². The molecule has 8 aromatic rings. The summed E-state index contributed by atoms with van der Waals surface area (Å²) in [6, 6.07) is 60.1. The molecule has 6 aromatic carbocycles. The van der Waals surface area contributed by atoms with E-state index in [1.165, 1.54) is 5.46 Å². The minimum absolute atomic E-state index is 0. The van der Waals surface area contributed by atoms with Gasteiger partial charge in [0.1, 0.15) is 0 Å². The molecule has 0 bridgehead atoms. The third kappa shape index (κ3) is 5.14. The molecule has 0 amide bonds. The molecule has 0 unspecified atom stereocenters. The summed E-state index contributed by atoms with van der Waals surface area (Å²) in [7, 11) is 0. The summed E-state index contributed by atoms with van der Waals surface area (Å²) in [6.45, 7) is -0.187. The van der Waals surface area contributed by atoms with Gasteiger partial charge in [-0.1, -0.05) is 78.5 Å². The molecular weight excluding hydrogens is 806 g/mol. The number of benzene rings is 6. The molecule has 51 heavy (non-hydrogen) atoms. The van der Waals surface area contributed by atoms with Crippen LogP contribution in [0.25, 0.3) is 22.0 Å². The Balaban J connectivity index is 0.00000348. The van der Waals surface area contributed by atoms with E-state index in [0.29, 0.717) is 11.6 Å². The summed E-state index contributed by atoms with van der Waals surface area (Å²) in [6.07, 6.45) is 3.62. The maximum atomic E-state index is 6.32. The molecule has 10 rings (SSSR count). The zero-order valence-corrected chi connectivity index (χ0v) is 29.5. The van der Waals surface area contributed by atoms with E-state index in [2.05, 4.69) is 154 Å². The molecule has 0 aliphatic carbocycles. The zero-order chi connectivity index (χ0) is 33.0. The van der Waals surface area contributed by atoms with Crippen LogP contribution < -0.4 is 30.9 Å². The number of nitrogens with zero attached hydrogens (tertiary/aromatic N) is 4. The Morgan fingerprint density at radius 1 is 0.510 bits per heavy atom. The van der Waals surface area contributed by atoms with Crippen molar-refractivity contribution >= 4 is 68.0 Å². The minimum Gasteiger partial charge on any atom is -0.466 e. The van der Waals surface area contributed by atoms with E-state index >= 15 is 0 Å². The molecule has 0 saturated heterocycles. The van der Waals surface area contributed by atoms with Gasteiger partial charge in [-0.05, 0) is 76.1 Å². The van der Waals surface area contributed by atoms with Gasteiger partial charge in [-0.25, -0.2) is 4.98 Å². The number of hydrogen-bond donors (Lipinski definition) is 0. The van der Waals surface area contributed by atoms with Crippen LogP contribution in [0.15, 0.2) is 164 Å². The Hall–Kier alpha value is -5.97. The second-order valence-electron chi connectivity index (χ2n) is 12.4. The van der Waals surface area contributed by atoms with Crippen molar-refractivity contribution in [1.29, 1.82) is 0 Å². The summed E-state index contributed by atoms with van der Waals surface area (Å²) in [5.41, 5.74) is 11.6. The predicted octanol–water partition coefficient (Wildman–Crippen LogP) is 8.77. The minimum atomic E-state index is -0.187. The van der Waals surface area contributed by atoms with E-state index in [1.807, 2.05) is 30.5 Å². The van der Waals surface area contributed by atoms with Gasteiger partial charge in [0.25, 0.3) is 0 Å². The Morgan fingerprint density at radius 2 is 1.16 bits per heavy atom. The SMILES string of the molecule is [Pt+2].[c-]1c(Oc2ccccn2)ccc2c1B1c3[c-]c(-c4nccc5ccccc45)ccc3N(c3ccccc3)c3cccc(c31)N2c1ccccc1. The quantitative estimate of drug-likeness (QED) is 0.128. The van der Waals surface area contributed by atoms with E-state index in [4.69, 9.17) is 9.72 Å². The molecular formula is C44H27BN4OPt. The smallest absolute Gasteiger partial charge is 0.466 e. The molecule has 242 valence electrons. The fraction of sp³-hybridized carbons (Fsp3) is 0. The second-order valence-corrected chi connectivity index (χ2v) is 12.4. The van der Waals surface area contributed by atoms with Crippen LogP contribution in [0.5, 0.6) is 11.6 Å². The van der Waals surface area contributed by atoms with E-state index in [9.17, 15) is 0 Å². The molecule has 4 heterocycles. The molecule has 2 aliphatic rings. The van der Waals surface area contributed by atoms with Crippen molar-refractivity contribution in [2.24, 2.45) is 0 Å². The fourth-order valence-corrected chi connectivity index (χ4v) is 7.50. The maximum absolute atomic E-state index is 6.32. The third-order valence-electron chi connectivity index (χ3n) is 9.58. The maximum Gasteiger partial charge on any atom is 2.00 e. The molecule has 0 saturated carbocycles. The molecule has 2 aliphatic heterocycles. The monoisotopic (exact) mass is 833 g/mol. The van der Waals surface area contributed by atoms with Crippen molar-refractivity contribution in [3.05, 3.63) is 176 Å². The summed E-state index contributed by atoms with van der Waals surface area (Å²) in [4.78, 5) is 14.0. The average molecular weight is 834 g/mol. The standard InChI is InChI=1S/C44H27BN4O.Pt/c1-3-13-32(14-4-1)48-38-23-21-31(44-35-17-8-7-12-30(35)25-27-47-44)28-36(38)45-37-29-34(50-42-20-9-10-26-46-42)22-24-39(37)49(33-15-5-2-6-16-33)41-19-11-18-40(48)43(41)45;/h1-27H;/q-2;+2. The van der Waals surface area contributed by atoms with Crippen LogP contribution in [0.3, 0.4) is 0 Å². The fourth-order valence-electron chi connectivity index (χ4n) is 7.50. The Labute approximate surface area is 311 Å². The molecule has 0 spiro atoms. The van der Waals surface area contributed by atoms with Gasteiger partial charge in [0.05, 0.1) is 0 Å². The van der Waals surface area contributed by atoms with Crippen LogP contribution in [0.1, 0.15) is 0 Å². The van der Waals surface area contributed by atoms with Crippen molar-refractivity contribution in [2.45, 2.75) is 0 Å². The van der Waals surface area contributed by atoms with Crippen molar-refractivity contribution < 1.29 is 25.8 Å². The Morgan fingerprint density at radius 3 is 1.86 bits per heavy atom. The van der Waals surface area contributed by atoms with Gasteiger partial charge in [-0.2, -0.15) is 5.46 Å². The number of para-hydroxylation sites is 2. The molecule has 0 N–H and O–H groups in total. The number of aromatic nitrogens is 2. The number of fused-ring (bicyclic) bond motifs is 5. The number of pyridine rings is 2. The van der Waals surface area contributed by atoms with Crippen molar-refractivity contribution in [1.82, 2.24) is 9.97 Å². The molecule has 5 nitrogen and oxygen atoms in total. The molecule has 2 aromatic heterocycles. The van der Waals surface area contributed by atoms with Crippen LogP contribution in [-0.4, -0.2) is 16.7 Å². The average Bonchev–Trinajstić information content (AvgIpc) is 3.18. The number of anilines is 6. The van der Waals surface area contributed by atoms with E-state index < -0.39 is 0 Å². The van der Waals surface area contributed by atoms with E-state index in [1.54, 1.807) is 6.20 Å². The van der Waals surface area contributed by atoms with Crippen LogP contribution in [0.2, 0.25) is 0 Å². The molecule has 0 fully saturated rings. The first-order chi connectivity index (χ1) is 24.8. The van der Waals surface area contributed by atoms with Gasteiger partial charge in [-0.15, -0.1) is 47.4 Å². The summed E-state index contributed by atoms with van der Waals surface area (Å²) in [5.74, 6) is 1.13. The molecule has 7 heteroatoms. The normalized spacial score (nSPS) is 12.4. The van der Waals surface area contributed by atoms with E-state index in [-0.39, 0.29) is 27.8 Å². The number of ether oxygens (including phenoxy) is 1. The third-order valence-corrected chi connectivity index (χ3v) is 9.58. The van der Waals surface area contributed by atoms with Crippen LogP contribution in [0, 0.1) is 12.1 Å². The van der Waals surface area contributed by atoms with Gasteiger partial charge in [0.15, 0.2) is 0 Å². The van der Waals surface area contributed by atoms with Crippen LogP contribution in [-0.2, 0) is 21.1 Å². The summed E-state index contributed by atoms with van der Waals surface area (Å²) in [5, 5.41) is 2.24. The number of rotatable bonds is 5. The van der Waals surface area contributed by atoms with Gasteiger partial charge >= 0.3 is 21.1 Å².